The van der Waals surface area contributed by atoms with Crippen molar-refractivity contribution in [2.75, 3.05) is 29.9 Å². The third kappa shape index (κ3) is 5.41. The van der Waals surface area contributed by atoms with Gasteiger partial charge in [-0.15, -0.1) is 0 Å². The first-order valence-corrected chi connectivity index (χ1v) is 13.4. The van der Waals surface area contributed by atoms with Crippen LogP contribution in [0, 0.1) is 0 Å². The highest BCUT2D eigenvalue weighted by Crippen LogP contribution is 2.42. The van der Waals surface area contributed by atoms with Gasteiger partial charge in [0.1, 0.15) is 6.04 Å². The lowest BCUT2D eigenvalue weighted by atomic mass is 10.0. The zero-order valence-electron chi connectivity index (χ0n) is 21.2. The SMILES string of the molecule is O=C1CCC(N2C(=O)c3cccc4c(NC(=O)CCCCCCN5CCC(F)(F)CC5)ccc2c34)C(=O)N1. The molecule has 8 nitrogen and oxygen atoms in total. The van der Waals surface area contributed by atoms with Crippen molar-refractivity contribution in [1.82, 2.24) is 10.2 Å². The van der Waals surface area contributed by atoms with Crippen molar-refractivity contribution >= 4 is 45.8 Å². The van der Waals surface area contributed by atoms with Gasteiger partial charge in [-0.2, -0.15) is 0 Å². The number of unbranched alkanes of at least 4 members (excludes halogenated alkanes) is 3. The third-order valence-corrected chi connectivity index (χ3v) is 7.74. The predicted molar refractivity (Wildman–Crippen MR) is 139 cm³/mol. The first-order valence-electron chi connectivity index (χ1n) is 13.4. The monoisotopic (exact) mass is 526 g/mol. The van der Waals surface area contributed by atoms with E-state index in [1.165, 1.54) is 4.90 Å². The van der Waals surface area contributed by atoms with Crippen molar-refractivity contribution in [3.05, 3.63) is 35.9 Å². The van der Waals surface area contributed by atoms with Gasteiger partial charge in [0.2, 0.25) is 17.7 Å². The van der Waals surface area contributed by atoms with Crippen molar-refractivity contribution in [3.63, 3.8) is 0 Å². The van der Waals surface area contributed by atoms with E-state index in [4.69, 9.17) is 0 Å². The summed E-state index contributed by atoms with van der Waals surface area (Å²) in [5.41, 5.74) is 1.68. The molecule has 0 radical (unpaired) electrons. The Labute approximate surface area is 219 Å². The number of hydrogen-bond acceptors (Lipinski definition) is 5. The minimum absolute atomic E-state index is 0.0621. The Morgan fingerprint density at radius 2 is 1.79 bits per heavy atom. The average Bonchev–Trinajstić information content (AvgIpc) is 3.16. The quantitative estimate of drug-likeness (QED) is 0.377. The molecule has 0 bridgehead atoms. The fourth-order valence-corrected chi connectivity index (χ4v) is 5.64. The van der Waals surface area contributed by atoms with Crippen LogP contribution >= 0.6 is 0 Å². The summed E-state index contributed by atoms with van der Waals surface area (Å²) in [5, 5.41) is 6.70. The molecule has 0 aliphatic carbocycles. The number of rotatable bonds is 9. The van der Waals surface area contributed by atoms with Crippen molar-refractivity contribution in [2.24, 2.45) is 0 Å². The number of halogens is 2. The molecule has 3 heterocycles. The minimum Gasteiger partial charge on any atom is -0.326 e. The molecule has 2 aromatic rings. The van der Waals surface area contributed by atoms with Gasteiger partial charge in [-0.05, 0) is 44.0 Å². The van der Waals surface area contributed by atoms with Crippen LogP contribution < -0.4 is 15.5 Å². The summed E-state index contributed by atoms with van der Waals surface area (Å²) in [6.07, 6.45) is 4.16. The first-order chi connectivity index (χ1) is 18.2. The molecule has 3 aliphatic heterocycles. The number of piperidine rings is 2. The topological polar surface area (TPSA) is 98.8 Å². The number of amides is 4. The Morgan fingerprint density at radius 1 is 1.03 bits per heavy atom. The predicted octanol–water partition coefficient (Wildman–Crippen LogP) is 4.23. The van der Waals surface area contributed by atoms with E-state index in [0.29, 0.717) is 41.8 Å². The van der Waals surface area contributed by atoms with Crippen LogP contribution in [0.3, 0.4) is 0 Å². The second kappa shape index (κ2) is 10.8. The van der Waals surface area contributed by atoms with Gasteiger partial charge in [-0.25, -0.2) is 8.78 Å². The number of alkyl halides is 2. The van der Waals surface area contributed by atoms with Crippen molar-refractivity contribution in [1.29, 1.82) is 0 Å². The Bertz CT molecular complexity index is 1270. The molecule has 2 N–H and O–H groups in total. The maximum absolute atomic E-state index is 13.3. The molecule has 202 valence electrons. The molecule has 2 saturated heterocycles. The highest BCUT2D eigenvalue weighted by atomic mass is 19.3. The summed E-state index contributed by atoms with van der Waals surface area (Å²) < 4.78 is 26.5. The van der Waals surface area contributed by atoms with Crippen LogP contribution in [0.15, 0.2) is 30.3 Å². The Kier molecular flexibility index (Phi) is 7.43. The highest BCUT2D eigenvalue weighted by molar-refractivity contribution is 6.28. The van der Waals surface area contributed by atoms with E-state index in [1.54, 1.807) is 24.3 Å². The molecule has 2 aromatic carbocycles. The van der Waals surface area contributed by atoms with E-state index in [-0.39, 0.29) is 43.4 Å². The van der Waals surface area contributed by atoms with Crippen LogP contribution in [-0.2, 0) is 14.4 Å². The minimum atomic E-state index is -2.52. The number of likely N-dealkylation sites (tertiary alicyclic amines) is 1. The van der Waals surface area contributed by atoms with Gasteiger partial charge >= 0.3 is 0 Å². The summed E-state index contributed by atoms with van der Waals surface area (Å²) in [6.45, 7) is 1.71. The van der Waals surface area contributed by atoms with E-state index in [0.717, 1.165) is 37.6 Å². The molecular weight excluding hydrogens is 494 g/mol. The van der Waals surface area contributed by atoms with Crippen LogP contribution in [0.2, 0.25) is 0 Å². The van der Waals surface area contributed by atoms with Crippen molar-refractivity contribution < 1.29 is 28.0 Å². The molecule has 0 saturated carbocycles. The number of carbonyl (C=O) groups is 4. The van der Waals surface area contributed by atoms with Crippen LogP contribution in [-0.4, -0.2) is 60.1 Å². The molecule has 0 spiro atoms. The number of nitrogens with zero attached hydrogens (tertiary/aromatic N) is 2. The number of nitrogens with one attached hydrogen (secondary N) is 2. The molecule has 38 heavy (non-hydrogen) atoms. The Hall–Kier alpha value is -3.40. The lowest BCUT2D eigenvalue weighted by molar-refractivity contribution is -0.134. The number of hydrogen-bond donors (Lipinski definition) is 2. The van der Waals surface area contributed by atoms with Crippen molar-refractivity contribution in [2.45, 2.75) is 69.8 Å². The van der Waals surface area contributed by atoms with E-state index < -0.39 is 17.9 Å². The van der Waals surface area contributed by atoms with E-state index in [1.807, 2.05) is 6.07 Å². The molecule has 1 unspecified atom stereocenters. The lowest BCUT2D eigenvalue weighted by Crippen LogP contribution is -2.53. The number of anilines is 2. The summed E-state index contributed by atoms with van der Waals surface area (Å²) in [5.74, 6) is -3.74. The van der Waals surface area contributed by atoms with Gasteiger partial charge in [0, 0.05) is 60.8 Å². The molecule has 2 fully saturated rings. The fraction of sp³-hybridized carbons (Fsp3) is 0.500. The van der Waals surface area contributed by atoms with Gasteiger partial charge in [0.15, 0.2) is 0 Å². The lowest BCUT2D eigenvalue weighted by Gasteiger charge is -2.31. The molecule has 5 rings (SSSR count). The zero-order chi connectivity index (χ0) is 26.9. The molecular formula is C28H32F2N4O4. The summed E-state index contributed by atoms with van der Waals surface area (Å²) >= 11 is 0. The zero-order valence-corrected chi connectivity index (χ0v) is 21.2. The van der Waals surface area contributed by atoms with Gasteiger partial charge in [0.25, 0.3) is 11.8 Å². The molecule has 4 amide bonds. The molecule has 0 aromatic heterocycles. The fourth-order valence-electron chi connectivity index (χ4n) is 5.64. The van der Waals surface area contributed by atoms with Gasteiger partial charge in [-0.3, -0.25) is 29.4 Å². The van der Waals surface area contributed by atoms with Gasteiger partial charge in [0.05, 0.1) is 5.69 Å². The van der Waals surface area contributed by atoms with Crippen LogP contribution in [0.1, 0.15) is 68.1 Å². The summed E-state index contributed by atoms with van der Waals surface area (Å²) in [4.78, 5) is 53.5. The molecule has 3 aliphatic rings. The number of imide groups is 1. The van der Waals surface area contributed by atoms with E-state index in [2.05, 4.69) is 15.5 Å². The Morgan fingerprint density at radius 3 is 2.55 bits per heavy atom. The second-order valence-corrected chi connectivity index (χ2v) is 10.4. The van der Waals surface area contributed by atoms with Crippen LogP contribution in [0.25, 0.3) is 10.8 Å². The third-order valence-electron chi connectivity index (χ3n) is 7.74. The summed E-state index contributed by atoms with van der Waals surface area (Å²) in [7, 11) is 0. The number of carbonyl (C=O) groups excluding carboxylic acids is 4. The molecule has 10 heteroatoms. The average molecular weight is 527 g/mol. The second-order valence-electron chi connectivity index (χ2n) is 10.4. The smallest absolute Gasteiger partial charge is 0.259 e. The van der Waals surface area contributed by atoms with Crippen LogP contribution in [0.4, 0.5) is 20.2 Å². The number of benzene rings is 2. The maximum atomic E-state index is 13.3. The standard InChI is InChI=1S/C28H32F2N4O4/c29-28(30)13-16-33(17-14-28)15-4-2-1-3-8-23(35)31-20-9-10-21-25-18(20)6-5-7-19(25)27(38)34(21)22-11-12-24(36)32-26(22)37/h5-7,9-10,22H,1-4,8,11-17H2,(H,31,35)(H,32,36,37). The van der Waals surface area contributed by atoms with E-state index in [9.17, 15) is 28.0 Å². The Balaban J connectivity index is 1.15. The largest absolute Gasteiger partial charge is 0.326 e. The highest BCUT2D eigenvalue weighted by Gasteiger charge is 2.41. The molecule has 1 atom stereocenters. The summed E-state index contributed by atoms with van der Waals surface area (Å²) in [6, 6.07) is 8.04. The maximum Gasteiger partial charge on any atom is 0.259 e. The van der Waals surface area contributed by atoms with E-state index >= 15 is 0 Å². The van der Waals surface area contributed by atoms with Gasteiger partial charge < -0.3 is 10.2 Å². The van der Waals surface area contributed by atoms with Gasteiger partial charge in [-0.1, -0.05) is 25.0 Å². The normalized spacial score (nSPS) is 21.2. The van der Waals surface area contributed by atoms with Crippen molar-refractivity contribution in [3.8, 4) is 0 Å². The van der Waals surface area contributed by atoms with Crippen LogP contribution in [0.5, 0.6) is 0 Å². The first kappa shape index (κ1) is 26.2.